The summed E-state index contributed by atoms with van der Waals surface area (Å²) in [4.78, 5) is 2.58. The maximum atomic E-state index is 2.58. The molecule has 1 aromatic heterocycles. The molecule has 1 saturated heterocycles. The minimum atomic E-state index is 0.695. The molecule has 2 heteroatoms. The first-order chi connectivity index (χ1) is 11.3. The van der Waals surface area contributed by atoms with Crippen LogP contribution in [0, 0.1) is 5.92 Å². The van der Waals surface area contributed by atoms with Crippen LogP contribution in [0.15, 0.2) is 18.3 Å². The van der Waals surface area contributed by atoms with Crippen molar-refractivity contribution in [3.05, 3.63) is 29.6 Å². The zero-order chi connectivity index (χ0) is 16.1. The van der Waals surface area contributed by atoms with Crippen molar-refractivity contribution in [2.75, 3.05) is 13.6 Å². The molecule has 0 bridgehead atoms. The molecule has 1 fully saturated rings. The highest BCUT2D eigenvalue weighted by atomic mass is 15.2. The lowest BCUT2D eigenvalue weighted by molar-refractivity contribution is -0.705. The summed E-state index contributed by atoms with van der Waals surface area (Å²) >= 11 is 0. The number of rotatable bonds is 8. The topological polar surface area (TPSA) is 7.12 Å². The fraction of sp³-hybridized carbons (Fsp3) is 0.762. The summed E-state index contributed by atoms with van der Waals surface area (Å²) in [5.41, 5.74) is 3.26. The van der Waals surface area contributed by atoms with Gasteiger partial charge in [-0.15, -0.1) is 0 Å². The van der Waals surface area contributed by atoms with E-state index in [0.717, 1.165) is 5.92 Å². The Bertz CT molecular complexity index is 497. The molecule has 2 nitrogen and oxygen atoms in total. The number of unbranched alkanes of at least 4 members (excludes halogenated alkanes) is 6. The summed E-state index contributed by atoms with van der Waals surface area (Å²) in [6, 6.07) is 5.38. The number of nitrogens with zero attached hydrogens (tertiary/aromatic N) is 2. The van der Waals surface area contributed by atoms with Crippen LogP contribution in [0.4, 0.5) is 0 Å². The molecule has 0 saturated carbocycles. The monoisotopic (exact) mass is 315 g/mol. The molecule has 1 aromatic rings. The number of hydrogen-bond acceptors (Lipinski definition) is 1. The Morgan fingerprint density at radius 1 is 1.09 bits per heavy atom. The van der Waals surface area contributed by atoms with Gasteiger partial charge in [0.25, 0.3) is 0 Å². The summed E-state index contributed by atoms with van der Waals surface area (Å²) in [5.74, 6) is 0.905. The van der Waals surface area contributed by atoms with Gasteiger partial charge in [0.1, 0.15) is 6.54 Å². The number of aromatic nitrogens is 1. The second-order valence-corrected chi connectivity index (χ2v) is 7.74. The summed E-state index contributed by atoms with van der Waals surface area (Å²) in [7, 11) is 2.31. The average molecular weight is 316 g/mol. The highest BCUT2D eigenvalue weighted by molar-refractivity contribution is 5.25. The van der Waals surface area contributed by atoms with Gasteiger partial charge < -0.3 is 0 Å². The zero-order valence-electron chi connectivity index (χ0n) is 15.3. The molecule has 3 rings (SSSR count). The molecule has 0 spiro atoms. The SMILES string of the molecule is CCCCCCCCC[n+]1cccc2c1CC[C@@H]1CCN(C)[C@H]21. The Labute approximate surface area is 142 Å². The maximum Gasteiger partial charge on any atom is 0.186 e. The molecule has 1 aliphatic heterocycles. The highest BCUT2D eigenvalue weighted by Gasteiger charge is 2.40. The second kappa shape index (κ2) is 8.28. The quantitative estimate of drug-likeness (QED) is 0.500. The normalized spacial score (nSPS) is 23.7. The number of likely N-dealkylation sites (tertiary alicyclic amines) is 1. The van der Waals surface area contributed by atoms with Crippen LogP contribution < -0.4 is 4.57 Å². The number of hydrogen-bond donors (Lipinski definition) is 0. The first-order valence-corrected chi connectivity index (χ1v) is 10.0. The Kier molecular flexibility index (Phi) is 6.10. The molecule has 0 aromatic carbocycles. The molecule has 0 N–H and O–H groups in total. The smallest absolute Gasteiger partial charge is 0.186 e. The van der Waals surface area contributed by atoms with Gasteiger partial charge in [-0.2, -0.15) is 0 Å². The molecule has 1 aliphatic carbocycles. The van der Waals surface area contributed by atoms with Crippen LogP contribution in [0.25, 0.3) is 0 Å². The highest BCUT2D eigenvalue weighted by Crippen LogP contribution is 2.42. The van der Waals surface area contributed by atoms with Gasteiger partial charge >= 0.3 is 0 Å². The van der Waals surface area contributed by atoms with Crippen molar-refractivity contribution in [1.82, 2.24) is 4.90 Å². The Hall–Kier alpha value is -0.890. The van der Waals surface area contributed by atoms with Crippen molar-refractivity contribution in [3.63, 3.8) is 0 Å². The van der Waals surface area contributed by atoms with Gasteiger partial charge in [-0.1, -0.05) is 39.0 Å². The fourth-order valence-corrected chi connectivity index (χ4v) is 4.75. The third-order valence-electron chi connectivity index (χ3n) is 6.07. The van der Waals surface area contributed by atoms with Crippen molar-refractivity contribution in [2.24, 2.45) is 5.92 Å². The van der Waals surface area contributed by atoms with E-state index in [1.54, 1.807) is 11.3 Å². The maximum absolute atomic E-state index is 2.58. The van der Waals surface area contributed by atoms with Crippen molar-refractivity contribution < 1.29 is 4.57 Å². The van der Waals surface area contributed by atoms with Gasteiger partial charge in [-0.3, -0.25) is 4.90 Å². The summed E-state index contributed by atoms with van der Waals surface area (Å²) in [5, 5.41) is 0. The van der Waals surface area contributed by atoms with E-state index in [4.69, 9.17) is 0 Å². The molecule has 128 valence electrons. The molecule has 23 heavy (non-hydrogen) atoms. The van der Waals surface area contributed by atoms with Crippen LogP contribution in [0.2, 0.25) is 0 Å². The predicted molar refractivity (Wildman–Crippen MR) is 96.4 cm³/mol. The largest absolute Gasteiger partial charge is 0.299 e. The molecule has 0 amide bonds. The van der Waals surface area contributed by atoms with Crippen LogP contribution in [-0.2, 0) is 13.0 Å². The van der Waals surface area contributed by atoms with E-state index in [1.165, 1.54) is 77.3 Å². The lowest BCUT2D eigenvalue weighted by Crippen LogP contribution is -2.42. The summed E-state index contributed by atoms with van der Waals surface area (Å²) < 4.78 is 2.57. The van der Waals surface area contributed by atoms with E-state index in [-0.39, 0.29) is 0 Å². The number of aryl methyl sites for hydroxylation is 1. The average Bonchev–Trinajstić information content (AvgIpc) is 2.96. The van der Waals surface area contributed by atoms with Gasteiger partial charge in [0, 0.05) is 30.5 Å². The van der Waals surface area contributed by atoms with E-state index in [9.17, 15) is 0 Å². The summed E-state index contributed by atoms with van der Waals surface area (Å²) in [6.07, 6.45) is 16.2. The van der Waals surface area contributed by atoms with Gasteiger partial charge in [-0.25, -0.2) is 4.57 Å². The van der Waals surface area contributed by atoms with Crippen molar-refractivity contribution in [3.8, 4) is 0 Å². The summed E-state index contributed by atoms with van der Waals surface area (Å²) in [6.45, 7) is 4.79. The van der Waals surface area contributed by atoms with E-state index >= 15 is 0 Å². The molecule has 2 heterocycles. The third-order valence-corrected chi connectivity index (χ3v) is 6.07. The van der Waals surface area contributed by atoms with Gasteiger partial charge in [0.15, 0.2) is 11.9 Å². The van der Waals surface area contributed by atoms with Crippen molar-refractivity contribution in [1.29, 1.82) is 0 Å². The van der Waals surface area contributed by atoms with Crippen molar-refractivity contribution in [2.45, 2.75) is 83.7 Å². The van der Waals surface area contributed by atoms with Crippen molar-refractivity contribution >= 4 is 0 Å². The lowest BCUT2D eigenvalue weighted by Gasteiger charge is -2.30. The Morgan fingerprint density at radius 2 is 1.87 bits per heavy atom. The predicted octanol–water partition coefficient (Wildman–Crippen LogP) is 4.66. The molecule has 2 atom stereocenters. The fourth-order valence-electron chi connectivity index (χ4n) is 4.75. The van der Waals surface area contributed by atoms with E-state index in [1.807, 2.05) is 0 Å². The number of fused-ring (bicyclic) bond motifs is 3. The first kappa shape index (κ1) is 17.0. The molecule has 0 unspecified atom stereocenters. The standard InChI is InChI=1S/C21H35N2/c1-3-4-5-6-7-8-9-15-23-16-10-11-19-20(23)13-12-18-14-17-22(2)21(18)19/h10-11,16,18,21H,3-9,12-15,17H2,1-2H3/q+1/t18-,21+/m1/s1. The van der Waals surface area contributed by atoms with Crippen LogP contribution in [-0.4, -0.2) is 18.5 Å². The molecule has 0 radical (unpaired) electrons. The van der Waals surface area contributed by atoms with Crippen LogP contribution >= 0.6 is 0 Å². The zero-order valence-corrected chi connectivity index (χ0v) is 15.3. The Balaban J connectivity index is 1.55. The lowest BCUT2D eigenvalue weighted by atomic mass is 9.82. The second-order valence-electron chi connectivity index (χ2n) is 7.74. The van der Waals surface area contributed by atoms with Gasteiger partial charge in [0.2, 0.25) is 0 Å². The number of pyridine rings is 1. The van der Waals surface area contributed by atoms with E-state index in [0.29, 0.717) is 6.04 Å². The van der Waals surface area contributed by atoms with E-state index in [2.05, 4.69) is 41.8 Å². The Morgan fingerprint density at radius 3 is 2.70 bits per heavy atom. The molecular formula is C21H35N2+. The van der Waals surface area contributed by atoms with Crippen LogP contribution in [0.3, 0.4) is 0 Å². The molecular weight excluding hydrogens is 280 g/mol. The minimum absolute atomic E-state index is 0.695. The minimum Gasteiger partial charge on any atom is -0.299 e. The molecule has 2 aliphatic rings. The third kappa shape index (κ3) is 3.96. The first-order valence-electron chi connectivity index (χ1n) is 10.0. The van der Waals surface area contributed by atoms with E-state index < -0.39 is 0 Å². The van der Waals surface area contributed by atoms with Gasteiger partial charge in [-0.05, 0) is 44.8 Å². The van der Waals surface area contributed by atoms with Crippen LogP contribution in [0.1, 0.15) is 82.0 Å². The van der Waals surface area contributed by atoms with Crippen LogP contribution in [0.5, 0.6) is 0 Å². The van der Waals surface area contributed by atoms with Gasteiger partial charge in [0.05, 0.1) is 0 Å².